The number of piperidine rings is 1. The van der Waals surface area contributed by atoms with E-state index in [0.29, 0.717) is 18.2 Å². The van der Waals surface area contributed by atoms with E-state index in [1.807, 2.05) is 0 Å². The van der Waals surface area contributed by atoms with Crippen LogP contribution in [-0.2, 0) is 0 Å². The van der Waals surface area contributed by atoms with Gasteiger partial charge in [0.15, 0.2) is 0 Å². The van der Waals surface area contributed by atoms with Crippen molar-refractivity contribution in [2.45, 2.75) is 31.7 Å². The SMILES string of the molecule is O=C(NCCC1CCCCN1)c1ccc(F)cc1. The van der Waals surface area contributed by atoms with Crippen molar-refractivity contribution in [1.29, 1.82) is 0 Å². The number of amides is 1. The first-order valence-electron chi connectivity index (χ1n) is 6.53. The summed E-state index contributed by atoms with van der Waals surface area (Å²) < 4.78 is 12.7. The maximum Gasteiger partial charge on any atom is 0.251 e. The zero-order valence-electron chi connectivity index (χ0n) is 10.4. The predicted octanol–water partition coefficient (Wildman–Crippen LogP) is 2.09. The Morgan fingerprint density at radius 1 is 1.33 bits per heavy atom. The molecule has 1 aliphatic rings. The summed E-state index contributed by atoms with van der Waals surface area (Å²) >= 11 is 0. The third-order valence-electron chi connectivity index (χ3n) is 3.30. The zero-order chi connectivity index (χ0) is 12.8. The van der Waals surface area contributed by atoms with E-state index < -0.39 is 0 Å². The highest BCUT2D eigenvalue weighted by atomic mass is 19.1. The van der Waals surface area contributed by atoms with Crippen LogP contribution in [0.15, 0.2) is 24.3 Å². The summed E-state index contributed by atoms with van der Waals surface area (Å²) in [5, 5.41) is 6.30. The van der Waals surface area contributed by atoms with Gasteiger partial charge in [0.1, 0.15) is 5.82 Å². The number of nitrogens with one attached hydrogen (secondary N) is 2. The third-order valence-corrected chi connectivity index (χ3v) is 3.30. The number of hydrogen-bond acceptors (Lipinski definition) is 2. The van der Waals surface area contributed by atoms with Crippen molar-refractivity contribution >= 4 is 5.91 Å². The number of halogens is 1. The van der Waals surface area contributed by atoms with Crippen LogP contribution in [0.2, 0.25) is 0 Å². The van der Waals surface area contributed by atoms with Crippen LogP contribution in [0.4, 0.5) is 4.39 Å². The fourth-order valence-corrected chi connectivity index (χ4v) is 2.23. The van der Waals surface area contributed by atoms with Gasteiger partial charge in [0, 0.05) is 18.2 Å². The molecule has 1 aromatic rings. The molecule has 0 aliphatic carbocycles. The van der Waals surface area contributed by atoms with Gasteiger partial charge < -0.3 is 10.6 Å². The number of hydrogen-bond donors (Lipinski definition) is 2. The minimum Gasteiger partial charge on any atom is -0.352 e. The maximum atomic E-state index is 12.7. The third kappa shape index (κ3) is 3.81. The van der Waals surface area contributed by atoms with Crippen molar-refractivity contribution < 1.29 is 9.18 Å². The summed E-state index contributed by atoms with van der Waals surface area (Å²) in [5.74, 6) is -0.455. The molecule has 1 aromatic carbocycles. The highest BCUT2D eigenvalue weighted by molar-refractivity contribution is 5.94. The van der Waals surface area contributed by atoms with E-state index in [9.17, 15) is 9.18 Å². The second-order valence-electron chi connectivity index (χ2n) is 4.70. The fourth-order valence-electron chi connectivity index (χ4n) is 2.23. The molecule has 98 valence electrons. The Kier molecular flexibility index (Phi) is 4.70. The van der Waals surface area contributed by atoms with Gasteiger partial charge in [-0.1, -0.05) is 6.42 Å². The molecule has 0 radical (unpaired) electrons. The second-order valence-corrected chi connectivity index (χ2v) is 4.70. The molecule has 1 unspecified atom stereocenters. The van der Waals surface area contributed by atoms with Crippen LogP contribution in [0, 0.1) is 5.82 Å². The highest BCUT2D eigenvalue weighted by Gasteiger charge is 2.12. The lowest BCUT2D eigenvalue weighted by Gasteiger charge is -2.23. The molecule has 1 atom stereocenters. The summed E-state index contributed by atoms with van der Waals surface area (Å²) in [6.45, 7) is 1.74. The number of carbonyl (C=O) groups is 1. The van der Waals surface area contributed by atoms with Gasteiger partial charge in [-0.2, -0.15) is 0 Å². The average molecular weight is 250 g/mol. The molecule has 18 heavy (non-hydrogen) atoms. The largest absolute Gasteiger partial charge is 0.352 e. The second kappa shape index (κ2) is 6.50. The Balaban J connectivity index is 1.72. The molecular weight excluding hydrogens is 231 g/mol. The maximum absolute atomic E-state index is 12.7. The highest BCUT2D eigenvalue weighted by Crippen LogP contribution is 2.09. The lowest BCUT2D eigenvalue weighted by atomic mass is 10.0. The topological polar surface area (TPSA) is 41.1 Å². The molecule has 2 rings (SSSR count). The van der Waals surface area contributed by atoms with E-state index in [-0.39, 0.29) is 11.7 Å². The van der Waals surface area contributed by atoms with Gasteiger partial charge in [-0.05, 0) is 50.1 Å². The van der Waals surface area contributed by atoms with Crippen LogP contribution in [0.5, 0.6) is 0 Å². The van der Waals surface area contributed by atoms with Gasteiger partial charge in [-0.25, -0.2) is 4.39 Å². The van der Waals surface area contributed by atoms with Gasteiger partial charge in [0.05, 0.1) is 0 Å². The fraction of sp³-hybridized carbons (Fsp3) is 0.500. The first-order valence-corrected chi connectivity index (χ1v) is 6.53. The van der Waals surface area contributed by atoms with E-state index in [1.165, 1.54) is 43.5 Å². The monoisotopic (exact) mass is 250 g/mol. The van der Waals surface area contributed by atoms with Crippen molar-refractivity contribution in [3.05, 3.63) is 35.6 Å². The molecule has 0 spiro atoms. The van der Waals surface area contributed by atoms with Crippen LogP contribution in [0.25, 0.3) is 0 Å². The van der Waals surface area contributed by atoms with Crippen molar-refractivity contribution in [2.75, 3.05) is 13.1 Å². The van der Waals surface area contributed by atoms with Gasteiger partial charge in [-0.3, -0.25) is 4.79 Å². The Hall–Kier alpha value is -1.42. The lowest BCUT2D eigenvalue weighted by Crippen LogP contribution is -2.37. The molecule has 1 amide bonds. The first kappa shape index (κ1) is 13.0. The quantitative estimate of drug-likeness (QED) is 0.859. The van der Waals surface area contributed by atoms with Crippen molar-refractivity contribution in [3.8, 4) is 0 Å². The average Bonchev–Trinajstić information content (AvgIpc) is 2.40. The molecule has 1 heterocycles. The zero-order valence-corrected chi connectivity index (χ0v) is 10.4. The van der Waals surface area contributed by atoms with Crippen LogP contribution in [-0.4, -0.2) is 25.0 Å². The van der Waals surface area contributed by atoms with E-state index in [2.05, 4.69) is 10.6 Å². The summed E-state index contributed by atoms with van der Waals surface area (Å²) in [4.78, 5) is 11.7. The van der Waals surface area contributed by atoms with E-state index in [1.54, 1.807) is 0 Å². The van der Waals surface area contributed by atoms with Crippen LogP contribution >= 0.6 is 0 Å². The van der Waals surface area contributed by atoms with Crippen LogP contribution < -0.4 is 10.6 Å². The molecule has 1 fully saturated rings. The molecule has 0 saturated carbocycles. The summed E-state index contributed by atoms with van der Waals surface area (Å²) in [5.41, 5.74) is 0.507. The molecule has 3 nitrogen and oxygen atoms in total. The molecule has 0 aromatic heterocycles. The van der Waals surface area contributed by atoms with E-state index >= 15 is 0 Å². The Labute approximate surface area is 107 Å². The number of carbonyl (C=O) groups excluding carboxylic acids is 1. The number of rotatable bonds is 4. The molecule has 1 aliphatic heterocycles. The normalized spacial score (nSPS) is 19.5. The Morgan fingerprint density at radius 2 is 2.11 bits per heavy atom. The molecular formula is C14H19FN2O. The predicted molar refractivity (Wildman–Crippen MR) is 69.0 cm³/mol. The molecule has 4 heteroatoms. The lowest BCUT2D eigenvalue weighted by molar-refractivity contribution is 0.0951. The van der Waals surface area contributed by atoms with E-state index in [4.69, 9.17) is 0 Å². The van der Waals surface area contributed by atoms with Crippen molar-refractivity contribution in [3.63, 3.8) is 0 Å². The van der Waals surface area contributed by atoms with Gasteiger partial charge >= 0.3 is 0 Å². The summed E-state index contributed by atoms with van der Waals surface area (Å²) in [6.07, 6.45) is 4.65. The van der Waals surface area contributed by atoms with Crippen molar-refractivity contribution in [2.24, 2.45) is 0 Å². The molecule has 0 bridgehead atoms. The van der Waals surface area contributed by atoms with Gasteiger partial charge in [0.25, 0.3) is 5.91 Å². The molecule has 2 N–H and O–H groups in total. The summed E-state index contributed by atoms with van der Waals surface area (Å²) in [6, 6.07) is 6.13. The minimum atomic E-state index is -0.321. The Bertz CT molecular complexity index is 385. The Morgan fingerprint density at radius 3 is 2.78 bits per heavy atom. The summed E-state index contributed by atoms with van der Waals surface area (Å²) in [7, 11) is 0. The van der Waals surface area contributed by atoms with Crippen LogP contribution in [0.3, 0.4) is 0 Å². The smallest absolute Gasteiger partial charge is 0.251 e. The van der Waals surface area contributed by atoms with E-state index in [0.717, 1.165) is 13.0 Å². The van der Waals surface area contributed by atoms with Crippen LogP contribution in [0.1, 0.15) is 36.0 Å². The van der Waals surface area contributed by atoms with Crippen molar-refractivity contribution in [1.82, 2.24) is 10.6 Å². The standard InChI is InChI=1S/C14H19FN2O/c15-12-6-4-11(5-7-12)14(18)17-10-8-13-3-1-2-9-16-13/h4-7,13,16H,1-3,8-10H2,(H,17,18). The first-order chi connectivity index (χ1) is 8.75. The van der Waals surface area contributed by atoms with Gasteiger partial charge in [-0.15, -0.1) is 0 Å². The minimum absolute atomic E-state index is 0.134. The molecule has 1 saturated heterocycles. The van der Waals surface area contributed by atoms with Gasteiger partial charge in [0.2, 0.25) is 0 Å². The number of benzene rings is 1.